The minimum Gasteiger partial charge on any atom is -0.338 e. The molecule has 7 nitrogen and oxygen atoms in total. The molecule has 3 rings (SSSR count). The van der Waals surface area contributed by atoms with E-state index in [2.05, 4.69) is 25.4 Å². The molecule has 1 aromatic heterocycles. The number of imide groups is 1. The van der Waals surface area contributed by atoms with Gasteiger partial charge < -0.3 is 5.32 Å². The number of benzene rings is 1. The lowest BCUT2D eigenvalue weighted by atomic mass is 9.95. The van der Waals surface area contributed by atoms with Crippen molar-refractivity contribution in [1.29, 1.82) is 0 Å². The number of nitrogens with zero attached hydrogens (tertiary/aromatic N) is 3. The van der Waals surface area contributed by atoms with Gasteiger partial charge >= 0.3 is 6.03 Å². The Labute approximate surface area is 196 Å². The van der Waals surface area contributed by atoms with Crippen LogP contribution in [-0.2, 0) is 4.79 Å². The minimum atomic E-state index is -0.485. The Morgan fingerprint density at radius 2 is 1.94 bits per heavy atom. The van der Waals surface area contributed by atoms with Gasteiger partial charge in [0.2, 0.25) is 5.91 Å². The average molecular weight is 484 g/mol. The number of carbonyl (C=O) groups excluding carboxylic acids is 2. The predicted molar refractivity (Wildman–Crippen MR) is 125 cm³/mol. The third kappa shape index (κ3) is 6.60. The highest BCUT2D eigenvalue weighted by Gasteiger charge is 2.25. The zero-order valence-corrected chi connectivity index (χ0v) is 20.0. The first kappa shape index (κ1) is 23.9. The van der Waals surface area contributed by atoms with Crippen molar-refractivity contribution in [2.45, 2.75) is 57.1 Å². The van der Waals surface area contributed by atoms with E-state index in [4.69, 9.17) is 23.2 Å². The van der Waals surface area contributed by atoms with Crippen LogP contribution in [0.25, 0.3) is 11.4 Å². The lowest BCUT2D eigenvalue weighted by Gasteiger charge is -2.25. The fourth-order valence-electron chi connectivity index (χ4n) is 3.53. The van der Waals surface area contributed by atoms with E-state index >= 15 is 0 Å². The van der Waals surface area contributed by atoms with Crippen molar-refractivity contribution in [1.82, 2.24) is 25.4 Å². The highest BCUT2D eigenvalue weighted by atomic mass is 35.5. The summed E-state index contributed by atoms with van der Waals surface area (Å²) < 4.78 is 2.09. The number of rotatable bonds is 7. The van der Waals surface area contributed by atoms with Crippen LogP contribution in [0.1, 0.15) is 52.0 Å². The van der Waals surface area contributed by atoms with E-state index in [9.17, 15) is 9.59 Å². The Morgan fingerprint density at radius 3 is 2.61 bits per heavy atom. The molecule has 0 spiro atoms. The van der Waals surface area contributed by atoms with Crippen molar-refractivity contribution in [2.75, 3.05) is 12.3 Å². The zero-order chi connectivity index (χ0) is 22.4. The molecule has 0 radical (unpaired) electrons. The van der Waals surface area contributed by atoms with Crippen molar-refractivity contribution < 1.29 is 9.59 Å². The van der Waals surface area contributed by atoms with Crippen LogP contribution in [0.2, 0.25) is 10.0 Å². The first-order valence-electron chi connectivity index (χ1n) is 10.5. The molecule has 10 heteroatoms. The lowest BCUT2D eigenvalue weighted by molar-refractivity contribution is -0.117. The van der Waals surface area contributed by atoms with Crippen molar-refractivity contribution in [2.24, 2.45) is 5.92 Å². The van der Waals surface area contributed by atoms with Crippen LogP contribution >= 0.6 is 35.0 Å². The Kier molecular flexibility index (Phi) is 8.63. The molecule has 1 heterocycles. The number of thioether (sulfide) groups is 1. The molecule has 0 aliphatic heterocycles. The molecule has 1 aliphatic carbocycles. The van der Waals surface area contributed by atoms with Gasteiger partial charge in [-0.05, 0) is 37.0 Å². The van der Waals surface area contributed by atoms with E-state index < -0.39 is 6.03 Å². The van der Waals surface area contributed by atoms with E-state index in [0.717, 1.165) is 31.2 Å². The normalized spacial score (nSPS) is 14.6. The molecule has 168 valence electrons. The van der Waals surface area contributed by atoms with Gasteiger partial charge in [-0.1, -0.05) is 68.1 Å². The average Bonchev–Trinajstić information content (AvgIpc) is 3.15. The number of aromatic nitrogens is 3. The second kappa shape index (κ2) is 11.2. The topological polar surface area (TPSA) is 88.9 Å². The van der Waals surface area contributed by atoms with Crippen LogP contribution in [0.4, 0.5) is 4.79 Å². The second-order valence-electron chi connectivity index (χ2n) is 8.03. The molecule has 2 aromatic rings. The Hall–Kier alpha value is -1.77. The third-order valence-electron chi connectivity index (χ3n) is 5.03. The number of carbonyl (C=O) groups is 2. The van der Waals surface area contributed by atoms with Crippen LogP contribution in [0.15, 0.2) is 23.4 Å². The largest absolute Gasteiger partial charge is 0.338 e. The number of nitrogens with one attached hydrogen (secondary N) is 2. The van der Waals surface area contributed by atoms with Gasteiger partial charge in [-0.25, -0.2) is 4.79 Å². The van der Waals surface area contributed by atoms with Crippen LogP contribution in [0, 0.1) is 5.92 Å². The molecule has 0 unspecified atom stereocenters. The maximum atomic E-state index is 12.2. The SMILES string of the molecule is CC(C)CNC(=O)NC(=O)CSc1nnc(-c2ccc(Cl)cc2Cl)n1C1CCCCC1. The molecule has 0 saturated heterocycles. The van der Waals surface area contributed by atoms with Crippen molar-refractivity contribution in [3.8, 4) is 11.4 Å². The quantitative estimate of drug-likeness (QED) is 0.519. The van der Waals surface area contributed by atoms with Crippen LogP contribution in [0.5, 0.6) is 0 Å². The smallest absolute Gasteiger partial charge is 0.321 e. The standard InChI is InChI=1S/C21H27Cl2N5O2S/c1-13(2)11-24-20(30)25-18(29)12-31-21-27-26-19(16-9-8-14(22)10-17(16)23)28(21)15-6-4-3-5-7-15/h8-10,13,15H,3-7,11-12H2,1-2H3,(H2,24,25,29,30). The third-order valence-corrected chi connectivity index (χ3v) is 6.52. The molecule has 3 amide bonds. The van der Waals surface area contributed by atoms with Crippen LogP contribution in [0.3, 0.4) is 0 Å². The molecule has 0 atom stereocenters. The van der Waals surface area contributed by atoms with Crippen molar-refractivity contribution >= 4 is 46.9 Å². The summed E-state index contributed by atoms with van der Waals surface area (Å²) in [7, 11) is 0. The summed E-state index contributed by atoms with van der Waals surface area (Å²) in [5.74, 6) is 0.665. The summed E-state index contributed by atoms with van der Waals surface area (Å²) in [5.41, 5.74) is 0.758. The predicted octanol–water partition coefficient (Wildman–Crippen LogP) is 5.33. The Balaban J connectivity index is 1.76. The summed E-state index contributed by atoms with van der Waals surface area (Å²) in [5, 5.41) is 15.5. The molecular weight excluding hydrogens is 457 g/mol. The highest BCUT2D eigenvalue weighted by molar-refractivity contribution is 7.99. The van der Waals surface area contributed by atoms with E-state index in [0.29, 0.717) is 33.5 Å². The van der Waals surface area contributed by atoms with Gasteiger partial charge in [0.15, 0.2) is 11.0 Å². The molecule has 0 bridgehead atoms. The molecular formula is C21H27Cl2N5O2S. The summed E-state index contributed by atoms with van der Waals surface area (Å²) in [6, 6.07) is 5.06. The monoisotopic (exact) mass is 483 g/mol. The van der Waals surface area contributed by atoms with Crippen LogP contribution in [-0.4, -0.2) is 39.0 Å². The number of halogens is 2. The van der Waals surface area contributed by atoms with E-state index in [-0.39, 0.29) is 17.7 Å². The number of hydrogen-bond donors (Lipinski definition) is 2. The maximum Gasteiger partial charge on any atom is 0.321 e. The molecule has 31 heavy (non-hydrogen) atoms. The maximum absolute atomic E-state index is 12.2. The highest BCUT2D eigenvalue weighted by Crippen LogP contribution is 2.38. The Morgan fingerprint density at radius 1 is 1.19 bits per heavy atom. The fourth-order valence-corrected chi connectivity index (χ4v) is 4.83. The van der Waals surface area contributed by atoms with Gasteiger partial charge in [-0.2, -0.15) is 0 Å². The van der Waals surface area contributed by atoms with Crippen molar-refractivity contribution in [3.63, 3.8) is 0 Å². The molecule has 1 aliphatic rings. The van der Waals surface area contributed by atoms with Gasteiger partial charge in [-0.3, -0.25) is 14.7 Å². The number of amides is 3. The number of hydrogen-bond acceptors (Lipinski definition) is 5. The summed E-state index contributed by atoms with van der Waals surface area (Å²) >= 11 is 13.8. The van der Waals surface area contributed by atoms with E-state index in [1.807, 2.05) is 19.9 Å². The first-order valence-corrected chi connectivity index (χ1v) is 12.2. The lowest BCUT2D eigenvalue weighted by Crippen LogP contribution is -2.41. The van der Waals surface area contributed by atoms with Gasteiger partial charge in [0.25, 0.3) is 0 Å². The van der Waals surface area contributed by atoms with Gasteiger partial charge in [0, 0.05) is 23.2 Å². The van der Waals surface area contributed by atoms with Gasteiger partial charge in [0.05, 0.1) is 10.8 Å². The fraction of sp³-hybridized carbons (Fsp3) is 0.524. The first-order chi connectivity index (χ1) is 14.8. The van der Waals surface area contributed by atoms with E-state index in [1.54, 1.807) is 12.1 Å². The minimum absolute atomic E-state index is 0.0638. The summed E-state index contributed by atoms with van der Waals surface area (Å²) in [6.45, 7) is 4.48. The molecule has 1 aromatic carbocycles. The molecule has 1 fully saturated rings. The van der Waals surface area contributed by atoms with E-state index in [1.165, 1.54) is 18.2 Å². The zero-order valence-electron chi connectivity index (χ0n) is 17.7. The summed E-state index contributed by atoms with van der Waals surface area (Å²) in [6.07, 6.45) is 5.53. The van der Waals surface area contributed by atoms with Gasteiger partial charge in [-0.15, -0.1) is 10.2 Å². The van der Waals surface area contributed by atoms with Crippen LogP contribution < -0.4 is 10.6 Å². The summed E-state index contributed by atoms with van der Waals surface area (Å²) in [4.78, 5) is 24.1. The number of urea groups is 1. The molecule has 1 saturated carbocycles. The molecule has 2 N–H and O–H groups in total. The second-order valence-corrected chi connectivity index (χ2v) is 9.82. The Bertz CT molecular complexity index is 928. The van der Waals surface area contributed by atoms with Crippen molar-refractivity contribution in [3.05, 3.63) is 28.2 Å². The van der Waals surface area contributed by atoms with Gasteiger partial charge in [0.1, 0.15) is 0 Å².